The third kappa shape index (κ3) is 4.30. The van der Waals surface area contributed by atoms with E-state index in [2.05, 4.69) is 22.0 Å². The molecule has 0 saturated heterocycles. The number of nitrogens with zero attached hydrogens (tertiary/aromatic N) is 2. The SMILES string of the molecule is C=N/C(C)=C(C=N)/N=C(\C)C(=O)NCC. The van der Waals surface area contributed by atoms with E-state index in [9.17, 15) is 4.79 Å². The molecular weight excluding hydrogens is 192 g/mol. The van der Waals surface area contributed by atoms with Gasteiger partial charge in [0.25, 0.3) is 5.91 Å². The Hall–Kier alpha value is -1.78. The van der Waals surface area contributed by atoms with Gasteiger partial charge < -0.3 is 10.7 Å². The van der Waals surface area contributed by atoms with Crippen molar-refractivity contribution in [1.82, 2.24) is 5.32 Å². The van der Waals surface area contributed by atoms with E-state index in [4.69, 9.17) is 5.41 Å². The lowest BCUT2D eigenvalue weighted by atomic mass is 10.3. The van der Waals surface area contributed by atoms with Crippen LogP contribution in [0.25, 0.3) is 0 Å². The van der Waals surface area contributed by atoms with Gasteiger partial charge in [-0.15, -0.1) is 0 Å². The van der Waals surface area contributed by atoms with E-state index in [1.807, 2.05) is 6.92 Å². The monoisotopic (exact) mass is 208 g/mol. The van der Waals surface area contributed by atoms with Crippen LogP contribution < -0.4 is 5.32 Å². The molecule has 0 spiro atoms. The summed E-state index contributed by atoms with van der Waals surface area (Å²) in [6.45, 7) is 8.99. The molecule has 0 aliphatic carbocycles. The van der Waals surface area contributed by atoms with E-state index < -0.39 is 0 Å². The molecule has 5 nitrogen and oxygen atoms in total. The van der Waals surface area contributed by atoms with Crippen LogP contribution in [-0.4, -0.2) is 31.1 Å². The molecular formula is C10H16N4O. The predicted octanol–water partition coefficient (Wildman–Crippen LogP) is 1.17. The summed E-state index contributed by atoms with van der Waals surface area (Å²) in [7, 11) is 0. The van der Waals surface area contributed by atoms with Gasteiger partial charge in [-0.1, -0.05) is 0 Å². The van der Waals surface area contributed by atoms with Gasteiger partial charge in [0.15, 0.2) is 0 Å². The number of carbonyl (C=O) groups is 1. The van der Waals surface area contributed by atoms with E-state index in [1.54, 1.807) is 13.8 Å². The van der Waals surface area contributed by atoms with Gasteiger partial charge in [0, 0.05) is 12.8 Å². The summed E-state index contributed by atoms with van der Waals surface area (Å²) in [6, 6.07) is 0. The van der Waals surface area contributed by atoms with Crippen LogP contribution in [0, 0.1) is 5.41 Å². The lowest BCUT2D eigenvalue weighted by Gasteiger charge is -2.02. The quantitative estimate of drug-likeness (QED) is 0.653. The van der Waals surface area contributed by atoms with Crippen molar-refractivity contribution in [3.8, 4) is 0 Å². The highest BCUT2D eigenvalue weighted by Crippen LogP contribution is 2.04. The van der Waals surface area contributed by atoms with E-state index in [-0.39, 0.29) is 5.91 Å². The molecule has 0 aromatic heterocycles. The number of nitrogens with one attached hydrogen (secondary N) is 2. The van der Waals surface area contributed by atoms with Crippen molar-refractivity contribution in [3.05, 3.63) is 11.4 Å². The van der Waals surface area contributed by atoms with Crippen molar-refractivity contribution in [3.63, 3.8) is 0 Å². The smallest absolute Gasteiger partial charge is 0.265 e. The topological polar surface area (TPSA) is 77.7 Å². The Morgan fingerprint density at radius 2 is 2.13 bits per heavy atom. The van der Waals surface area contributed by atoms with Crippen LogP contribution in [0.15, 0.2) is 21.4 Å². The summed E-state index contributed by atoms with van der Waals surface area (Å²) in [5.41, 5.74) is 1.17. The van der Waals surface area contributed by atoms with Crippen molar-refractivity contribution in [2.45, 2.75) is 20.8 Å². The number of hydrogen-bond acceptors (Lipinski definition) is 4. The Morgan fingerprint density at radius 3 is 2.53 bits per heavy atom. The zero-order chi connectivity index (χ0) is 11.8. The highest BCUT2D eigenvalue weighted by atomic mass is 16.1. The van der Waals surface area contributed by atoms with Crippen molar-refractivity contribution in [1.29, 1.82) is 5.41 Å². The molecule has 0 rings (SSSR count). The lowest BCUT2D eigenvalue weighted by Crippen LogP contribution is -2.29. The molecule has 0 unspecified atom stereocenters. The lowest BCUT2D eigenvalue weighted by molar-refractivity contribution is -0.114. The molecule has 82 valence electrons. The highest BCUT2D eigenvalue weighted by Gasteiger charge is 2.05. The molecule has 1 amide bonds. The largest absolute Gasteiger partial charge is 0.351 e. The van der Waals surface area contributed by atoms with Crippen molar-refractivity contribution in [2.24, 2.45) is 9.98 Å². The maximum Gasteiger partial charge on any atom is 0.265 e. The van der Waals surface area contributed by atoms with Crippen LogP contribution >= 0.6 is 0 Å². The zero-order valence-corrected chi connectivity index (χ0v) is 9.29. The van der Waals surface area contributed by atoms with Crippen LogP contribution in [0.3, 0.4) is 0 Å². The first-order chi connectivity index (χ1) is 7.06. The molecule has 0 radical (unpaired) electrons. The van der Waals surface area contributed by atoms with Gasteiger partial charge in [-0.3, -0.25) is 9.79 Å². The minimum absolute atomic E-state index is 0.242. The Balaban J connectivity index is 4.94. The molecule has 2 N–H and O–H groups in total. The molecule has 0 aromatic rings. The molecule has 0 aliphatic rings. The molecule has 0 aliphatic heterocycles. The number of amides is 1. The molecule has 5 heteroatoms. The van der Waals surface area contributed by atoms with E-state index in [0.717, 1.165) is 6.21 Å². The summed E-state index contributed by atoms with van der Waals surface area (Å²) in [5.74, 6) is -0.242. The molecule has 15 heavy (non-hydrogen) atoms. The summed E-state index contributed by atoms with van der Waals surface area (Å²) in [6.07, 6.45) is 1.05. The fourth-order valence-electron chi connectivity index (χ4n) is 0.819. The third-order valence-corrected chi connectivity index (χ3v) is 1.70. The fraction of sp³-hybridized carbons (Fsp3) is 0.400. The third-order valence-electron chi connectivity index (χ3n) is 1.70. The number of hydrogen-bond donors (Lipinski definition) is 2. The summed E-state index contributed by atoms with van der Waals surface area (Å²) in [5, 5.41) is 9.74. The molecule has 0 fully saturated rings. The number of aliphatic imine (C=N–C) groups is 2. The summed E-state index contributed by atoms with van der Waals surface area (Å²) in [4.78, 5) is 19.0. The Morgan fingerprint density at radius 1 is 1.53 bits per heavy atom. The number of rotatable bonds is 5. The second-order valence-corrected chi connectivity index (χ2v) is 2.83. The van der Waals surface area contributed by atoms with Gasteiger partial charge in [0.1, 0.15) is 11.4 Å². The predicted molar refractivity (Wildman–Crippen MR) is 62.8 cm³/mol. The fourth-order valence-corrected chi connectivity index (χ4v) is 0.819. The highest BCUT2D eigenvalue weighted by molar-refractivity contribution is 6.38. The van der Waals surface area contributed by atoms with Crippen LogP contribution in [-0.2, 0) is 4.79 Å². The second kappa shape index (κ2) is 6.64. The summed E-state index contributed by atoms with van der Waals surface area (Å²) < 4.78 is 0. The standard InChI is InChI=1S/C10H16N4O/c1-5-13-10(15)8(3)14-9(6-11)7(2)12-4/h6,11H,4-5H2,1-3H3,(H,13,15)/b9-7+,11-6?,14-8+. The Labute approximate surface area is 89.5 Å². The van der Waals surface area contributed by atoms with Gasteiger partial charge in [-0.25, -0.2) is 4.99 Å². The van der Waals surface area contributed by atoms with Gasteiger partial charge in [-0.05, 0) is 27.5 Å². The van der Waals surface area contributed by atoms with Gasteiger partial charge in [0.05, 0.1) is 5.70 Å². The maximum atomic E-state index is 11.3. The van der Waals surface area contributed by atoms with Crippen LogP contribution in [0.4, 0.5) is 0 Å². The molecule has 0 atom stereocenters. The van der Waals surface area contributed by atoms with Crippen molar-refractivity contribution in [2.75, 3.05) is 6.54 Å². The van der Waals surface area contributed by atoms with Crippen molar-refractivity contribution >= 4 is 24.6 Å². The van der Waals surface area contributed by atoms with Gasteiger partial charge in [-0.2, -0.15) is 0 Å². The van der Waals surface area contributed by atoms with Crippen LogP contribution in [0.2, 0.25) is 0 Å². The van der Waals surface area contributed by atoms with Crippen molar-refractivity contribution < 1.29 is 4.79 Å². The molecule has 0 bridgehead atoms. The summed E-state index contributed by atoms with van der Waals surface area (Å²) >= 11 is 0. The first-order valence-electron chi connectivity index (χ1n) is 4.58. The first kappa shape index (κ1) is 13.2. The normalized spacial score (nSPS) is 12.9. The Bertz CT molecular complexity index is 328. The van der Waals surface area contributed by atoms with Gasteiger partial charge in [0.2, 0.25) is 0 Å². The Kier molecular flexibility index (Phi) is 5.85. The second-order valence-electron chi connectivity index (χ2n) is 2.83. The zero-order valence-electron chi connectivity index (χ0n) is 9.29. The first-order valence-corrected chi connectivity index (χ1v) is 4.58. The molecule has 0 aromatic carbocycles. The number of allylic oxidation sites excluding steroid dienone is 2. The molecule has 0 heterocycles. The van der Waals surface area contributed by atoms with E-state index in [0.29, 0.717) is 23.7 Å². The average molecular weight is 208 g/mol. The van der Waals surface area contributed by atoms with E-state index >= 15 is 0 Å². The maximum absolute atomic E-state index is 11.3. The molecule has 0 saturated carbocycles. The minimum Gasteiger partial charge on any atom is -0.351 e. The van der Waals surface area contributed by atoms with Crippen LogP contribution in [0.5, 0.6) is 0 Å². The minimum atomic E-state index is -0.242. The van der Waals surface area contributed by atoms with E-state index in [1.165, 1.54) is 0 Å². The van der Waals surface area contributed by atoms with Gasteiger partial charge >= 0.3 is 0 Å². The average Bonchev–Trinajstić information content (AvgIpc) is 2.24. The van der Waals surface area contributed by atoms with Crippen LogP contribution in [0.1, 0.15) is 20.8 Å². The number of carbonyl (C=O) groups excluding carboxylic acids is 1.